The maximum atomic E-state index is 11.6. The van der Waals surface area contributed by atoms with Crippen molar-refractivity contribution in [1.29, 1.82) is 0 Å². The molecule has 0 spiro atoms. The maximum absolute atomic E-state index is 11.6. The summed E-state index contributed by atoms with van der Waals surface area (Å²) in [6, 6.07) is 4.86. The third-order valence-electron chi connectivity index (χ3n) is 2.25. The Bertz CT molecular complexity index is 416. The molecular weight excluding hydrogens is 311 g/mol. The fourth-order valence-corrected chi connectivity index (χ4v) is 1.55. The number of hydrogen-bond donors (Lipinski definition) is 2. The fourth-order valence-electron chi connectivity index (χ4n) is 1.27. The lowest BCUT2D eigenvalue weighted by molar-refractivity contribution is -0.127. The Morgan fingerprint density at radius 2 is 2.11 bits per heavy atom. The van der Waals surface area contributed by atoms with Crippen molar-refractivity contribution < 1.29 is 9.53 Å². The van der Waals surface area contributed by atoms with Gasteiger partial charge in [0.05, 0.1) is 10.0 Å². The van der Waals surface area contributed by atoms with Crippen LogP contribution in [0.5, 0.6) is 5.75 Å². The van der Waals surface area contributed by atoms with Crippen LogP contribution < -0.4 is 15.8 Å². The van der Waals surface area contributed by atoms with E-state index in [1.165, 1.54) is 0 Å². The van der Waals surface area contributed by atoms with Crippen LogP contribution in [-0.4, -0.2) is 25.1 Å². The molecule has 0 saturated carbocycles. The van der Waals surface area contributed by atoms with Crippen LogP contribution in [0.15, 0.2) is 18.2 Å². The summed E-state index contributed by atoms with van der Waals surface area (Å²) in [4.78, 5) is 11.6. The second kappa shape index (κ2) is 9.26. The summed E-state index contributed by atoms with van der Waals surface area (Å²) in [5.41, 5.74) is 5.34. The molecule has 0 aliphatic rings. The van der Waals surface area contributed by atoms with Gasteiger partial charge in [0.25, 0.3) is 5.91 Å². The zero-order valence-corrected chi connectivity index (χ0v) is 12.8. The minimum absolute atomic E-state index is 0. The monoisotopic (exact) mass is 326 g/mol. The molecule has 0 radical (unpaired) electrons. The highest BCUT2D eigenvalue weighted by Gasteiger charge is 2.14. The van der Waals surface area contributed by atoms with Gasteiger partial charge in [0.15, 0.2) is 6.10 Å². The number of benzene rings is 1. The van der Waals surface area contributed by atoms with Crippen LogP contribution in [0.3, 0.4) is 0 Å². The molecule has 1 amide bonds. The molecule has 0 aliphatic heterocycles. The number of carbonyl (C=O) groups is 1. The van der Waals surface area contributed by atoms with Crippen molar-refractivity contribution in [1.82, 2.24) is 5.32 Å². The first-order valence-electron chi connectivity index (χ1n) is 5.64. The lowest BCUT2D eigenvalue weighted by Crippen LogP contribution is -2.37. The second-order valence-electron chi connectivity index (χ2n) is 3.77. The Labute approximate surface area is 129 Å². The van der Waals surface area contributed by atoms with Gasteiger partial charge in [-0.1, -0.05) is 23.2 Å². The van der Waals surface area contributed by atoms with Crippen LogP contribution in [0.1, 0.15) is 13.3 Å². The smallest absolute Gasteiger partial charge is 0.260 e. The molecule has 0 aromatic heterocycles. The molecule has 1 atom stereocenters. The third kappa shape index (κ3) is 6.34. The molecule has 7 heteroatoms. The van der Waals surface area contributed by atoms with Crippen LogP contribution in [0, 0.1) is 0 Å². The zero-order valence-electron chi connectivity index (χ0n) is 10.5. The van der Waals surface area contributed by atoms with E-state index in [4.69, 9.17) is 33.7 Å². The van der Waals surface area contributed by atoms with E-state index in [0.717, 1.165) is 6.42 Å². The van der Waals surface area contributed by atoms with Gasteiger partial charge in [0, 0.05) is 12.6 Å². The number of ether oxygens (including phenoxy) is 1. The Morgan fingerprint density at radius 1 is 1.42 bits per heavy atom. The van der Waals surface area contributed by atoms with Crippen LogP contribution in [0.25, 0.3) is 0 Å². The van der Waals surface area contributed by atoms with Crippen molar-refractivity contribution in [3.8, 4) is 5.75 Å². The van der Waals surface area contributed by atoms with E-state index in [1.807, 2.05) is 0 Å². The van der Waals surface area contributed by atoms with Gasteiger partial charge < -0.3 is 15.8 Å². The summed E-state index contributed by atoms with van der Waals surface area (Å²) >= 11 is 11.6. The summed E-state index contributed by atoms with van der Waals surface area (Å²) in [5.74, 6) is 0.320. The predicted octanol–water partition coefficient (Wildman–Crippen LogP) is 2.65. The molecule has 1 aromatic carbocycles. The van der Waals surface area contributed by atoms with Crippen LogP contribution in [0.2, 0.25) is 10.0 Å². The van der Waals surface area contributed by atoms with Gasteiger partial charge in [-0.3, -0.25) is 4.79 Å². The largest absolute Gasteiger partial charge is 0.481 e. The van der Waals surface area contributed by atoms with Gasteiger partial charge in [-0.05, 0) is 32.0 Å². The SMILES string of the molecule is CC(Oc1ccc(Cl)c(Cl)c1)C(=O)NCCCN.Cl. The average molecular weight is 328 g/mol. The molecular formula is C12H17Cl3N2O2. The minimum Gasteiger partial charge on any atom is -0.481 e. The molecule has 0 fully saturated rings. The topological polar surface area (TPSA) is 64.3 Å². The Morgan fingerprint density at radius 3 is 2.68 bits per heavy atom. The summed E-state index contributed by atoms with van der Waals surface area (Å²) in [6.07, 6.45) is 0.144. The van der Waals surface area contributed by atoms with Gasteiger partial charge in [0.1, 0.15) is 5.75 Å². The van der Waals surface area contributed by atoms with Gasteiger partial charge >= 0.3 is 0 Å². The molecule has 4 nitrogen and oxygen atoms in total. The predicted molar refractivity (Wildman–Crippen MR) is 80.5 cm³/mol. The first-order chi connectivity index (χ1) is 8.54. The summed E-state index contributed by atoms with van der Waals surface area (Å²) < 4.78 is 5.46. The second-order valence-corrected chi connectivity index (χ2v) is 4.58. The number of nitrogens with one attached hydrogen (secondary N) is 1. The molecule has 3 N–H and O–H groups in total. The zero-order chi connectivity index (χ0) is 13.5. The number of amides is 1. The van der Waals surface area contributed by atoms with E-state index < -0.39 is 6.10 Å². The standard InChI is InChI=1S/C12H16Cl2N2O2.ClH/c1-8(12(17)16-6-2-5-15)18-9-3-4-10(13)11(14)7-9;/h3-4,7-8H,2,5-6,15H2,1H3,(H,16,17);1H. The van der Waals surface area contributed by atoms with Crippen molar-refractivity contribution in [2.75, 3.05) is 13.1 Å². The maximum Gasteiger partial charge on any atom is 0.260 e. The molecule has 0 bridgehead atoms. The Balaban J connectivity index is 0.00000324. The third-order valence-corrected chi connectivity index (χ3v) is 2.99. The molecule has 19 heavy (non-hydrogen) atoms. The molecule has 0 heterocycles. The van der Waals surface area contributed by atoms with E-state index in [-0.39, 0.29) is 18.3 Å². The van der Waals surface area contributed by atoms with Gasteiger partial charge in [-0.2, -0.15) is 0 Å². The Hall–Kier alpha value is -0.680. The lowest BCUT2D eigenvalue weighted by atomic mass is 10.3. The van der Waals surface area contributed by atoms with Crippen molar-refractivity contribution in [3.05, 3.63) is 28.2 Å². The van der Waals surface area contributed by atoms with Gasteiger partial charge in [0.2, 0.25) is 0 Å². The highest BCUT2D eigenvalue weighted by Crippen LogP contribution is 2.26. The van der Waals surface area contributed by atoms with E-state index in [9.17, 15) is 4.79 Å². The quantitative estimate of drug-likeness (QED) is 0.790. The van der Waals surface area contributed by atoms with E-state index in [2.05, 4.69) is 5.32 Å². The molecule has 1 unspecified atom stereocenters. The normalized spacial score (nSPS) is 11.4. The van der Waals surface area contributed by atoms with Crippen molar-refractivity contribution in [2.24, 2.45) is 5.73 Å². The molecule has 1 aromatic rings. The fraction of sp³-hybridized carbons (Fsp3) is 0.417. The van der Waals surface area contributed by atoms with E-state index in [1.54, 1.807) is 25.1 Å². The molecule has 1 rings (SSSR count). The number of rotatable bonds is 6. The first-order valence-corrected chi connectivity index (χ1v) is 6.39. The van der Waals surface area contributed by atoms with E-state index >= 15 is 0 Å². The number of halogens is 3. The number of hydrogen-bond acceptors (Lipinski definition) is 3. The van der Waals surface area contributed by atoms with Crippen LogP contribution in [-0.2, 0) is 4.79 Å². The summed E-state index contributed by atoms with van der Waals surface area (Å²) in [6.45, 7) is 2.76. The van der Waals surface area contributed by atoms with Crippen LogP contribution >= 0.6 is 35.6 Å². The Kier molecular flexibility index (Phi) is 8.93. The van der Waals surface area contributed by atoms with Crippen molar-refractivity contribution >= 4 is 41.5 Å². The van der Waals surface area contributed by atoms with E-state index in [0.29, 0.717) is 28.9 Å². The highest BCUT2D eigenvalue weighted by molar-refractivity contribution is 6.42. The van der Waals surface area contributed by atoms with Crippen molar-refractivity contribution in [3.63, 3.8) is 0 Å². The molecule has 0 saturated heterocycles. The van der Waals surface area contributed by atoms with Crippen molar-refractivity contribution in [2.45, 2.75) is 19.4 Å². The number of carbonyl (C=O) groups excluding carboxylic acids is 1. The average Bonchev–Trinajstić information content (AvgIpc) is 2.34. The van der Waals surface area contributed by atoms with Crippen LogP contribution in [0.4, 0.5) is 0 Å². The van der Waals surface area contributed by atoms with Gasteiger partial charge in [-0.25, -0.2) is 0 Å². The molecule has 108 valence electrons. The van der Waals surface area contributed by atoms with Gasteiger partial charge in [-0.15, -0.1) is 12.4 Å². The number of nitrogens with two attached hydrogens (primary N) is 1. The first kappa shape index (κ1) is 18.3. The highest BCUT2D eigenvalue weighted by atomic mass is 35.5. The summed E-state index contributed by atoms with van der Waals surface area (Å²) in [7, 11) is 0. The minimum atomic E-state index is -0.597. The lowest BCUT2D eigenvalue weighted by Gasteiger charge is -2.14. The molecule has 0 aliphatic carbocycles. The summed E-state index contributed by atoms with van der Waals surface area (Å²) in [5, 5.41) is 3.57.